The van der Waals surface area contributed by atoms with Gasteiger partial charge >= 0.3 is 0 Å². The Bertz CT molecular complexity index is 714. The van der Waals surface area contributed by atoms with Gasteiger partial charge in [0, 0.05) is 24.8 Å². The number of rotatable bonds is 6. The van der Waals surface area contributed by atoms with E-state index in [1.807, 2.05) is 25.8 Å². The molecule has 1 aromatic heterocycles. The first-order chi connectivity index (χ1) is 11.3. The highest BCUT2D eigenvalue weighted by molar-refractivity contribution is 5.95. The molecule has 0 spiro atoms. The van der Waals surface area contributed by atoms with E-state index in [0.717, 1.165) is 0 Å². The van der Waals surface area contributed by atoms with Gasteiger partial charge in [-0.2, -0.15) is 0 Å². The van der Waals surface area contributed by atoms with Gasteiger partial charge in [-0.05, 0) is 45.9 Å². The zero-order valence-electron chi connectivity index (χ0n) is 14.6. The molecule has 2 rings (SSSR count). The smallest absolute Gasteiger partial charge is 0.248 e. The molecule has 1 aromatic carbocycles. The summed E-state index contributed by atoms with van der Waals surface area (Å²) in [5, 5.41) is 9.28. The van der Waals surface area contributed by atoms with Crippen LogP contribution in [0.15, 0.2) is 28.8 Å². The highest BCUT2D eigenvalue weighted by atomic mass is 19.1. The highest BCUT2D eigenvalue weighted by Gasteiger charge is 2.16. The summed E-state index contributed by atoms with van der Waals surface area (Å²) in [5.74, 6) is -0.351. The molecule has 0 saturated heterocycles. The van der Waals surface area contributed by atoms with Crippen LogP contribution in [0, 0.1) is 12.7 Å². The minimum Gasteiger partial charge on any atom is -0.374 e. The highest BCUT2D eigenvalue weighted by Crippen LogP contribution is 2.24. The molecule has 1 heterocycles. The molecule has 0 fully saturated rings. The quantitative estimate of drug-likeness (QED) is 0.847. The Morgan fingerprint density at radius 1 is 1.29 bits per heavy atom. The molecule has 0 aliphatic carbocycles. The molecule has 1 atom stereocenters. The molecule has 2 aromatic rings. The third-order valence-electron chi connectivity index (χ3n) is 3.75. The van der Waals surface area contributed by atoms with Gasteiger partial charge in [0.15, 0.2) is 0 Å². The van der Waals surface area contributed by atoms with Gasteiger partial charge in [0.2, 0.25) is 11.8 Å². The monoisotopic (exact) mass is 334 g/mol. The van der Waals surface area contributed by atoms with Gasteiger partial charge in [0.05, 0.1) is 11.4 Å². The van der Waals surface area contributed by atoms with Crippen LogP contribution < -0.4 is 15.5 Å². The molecule has 0 unspecified atom stereocenters. The lowest BCUT2D eigenvalue weighted by atomic mass is 10.2. The number of nitrogens with zero attached hydrogens (tertiary/aromatic N) is 2. The minimum absolute atomic E-state index is 0.188. The predicted molar refractivity (Wildman–Crippen MR) is 92.9 cm³/mol. The van der Waals surface area contributed by atoms with E-state index in [4.69, 9.17) is 4.52 Å². The number of carbonyl (C=O) groups is 1. The van der Waals surface area contributed by atoms with Crippen LogP contribution in [0.2, 0.25) is 0 Å². The van der Waals surface area contributed by atoms with Crippen molar-refractivity contribution in [2.45, 2.75) is 39.8 Å². The van der Waals surface area contributed by atoms with Crippen LogP contribution in [0.3, 0.4) is 0 Å². The summed E-state index contributed by atoms with van der Waals surface area (Å²) in [5.41, 5.74) is 1.73. The molecule has 0 saturated carbocycles. The molecule has 2 N–H and O–H groups in total. The maximum Gasteiger partial charge on any atom is 0.248 e. The van der Waals surface area contributed by atoms with Crippen LogP contribution in [0.1, 0.15) is 26.5 Å². The van der Waals surface area contributed by atoms with Crippen molar-refractivity contribution in [1.29, 1.82) is 0 Å². The lowest BCUT2D eigenvalue weighted by Crippen LogP contribution is -2.32. The third-order valence-corrected chi connectivity index (χ3v) is 3.75. The summed E-state index contributed by atoms with van der Waals surface area (Å²) in [4.78, 5) is 14.0. The van der Waals surface area contributed by atoms with Crippen LogP contribution in [0.25, 0.3) is 0 Å². The van der Waals surface area contributed by atoms with Crippen LogP contribution >= 0.6 is 0 Å². The number of carbonyl (C=O) groups excluding carboxylic acids is 1. The van der Waals surface area contributed by atoms with Gasteiger partial charge in [0.1, 0.15) is 11.9 Å². The summed E-state index contributed by atoms with van der Waals surface area (Å²) < 4.78 is 19.2. The van der Waals surface area contributed by atoms with E-state index in [2.05, 4.69) is 15.8 Å². The van der Waals surface area contributed by atoms with Crippen molar-refractivity contribution in [1.82, 2.24) is 5.16 Å². The van der Waals surface area contributed by atoms with Gasteiger partial charge in [0.25, 0.3) is 0 Å². The molecule has 0 aliphatic heterocycles. The first-order valence-corrected chi connectivity index (χ1v) is 7.81. The van der Waals surface area contributed by atoms with Gasteiger partial charge in [-0.15, -0.1) is 0 Å². The first kappa shape index (κ1) is 17.8. The maximum atomic E-state index is 14.3. The fraction of sp³-hybridized carbons (Fsp3) is 0.412. The summed E-state index contributed by atoms with van der Waals surface area (Å²) in [6.07, 6.45) is 0. The summed E-state index contributed by atoms with van der Waals surface area (Å²) in [6, 6.07) is 6.08. The van der Waals surface area contributed by atoms with Crippen LogP contribution in [-0.4, -0.2) is 30.2 Å². The van der Waals surface area contributed by atoms with E-state index in [1.165, 1.54) is 6.07 Å². The van der Waals surface area contributed by atoms with Crippen LogP contribution in [0.5, 0.6) is 0 Å². The predicted octanol–water partition coefficient (Wildman–Crippen LogP) is 3.41. The Kier molecular flexibility index (Phi) is 5.43. The molecule has 6 nitrogen and oxygen atoms in total. The minimum atomic E-state index is -0.566. The van der Waals surface area contributed by atoms with Crippen molar-refractivity contribution in [3.05, 3.63) is 35.8 Å². The van der Waals surface area contributed by atoms with Crippen LogP contribution in [0.4, 0.5) is 21.6 Å². The average Bonchev–Trinajstić information content (AvgIpc) is 2.91. The molecule has 0 aliphatic rings. The number of benzene rings is 1. The van der Waals surface area contributed by atoms with E-state index in [1.54, 1.807) is 32.0 Å². The largest absolute Gasteiger partial charge is 0.374 e. The number of amides is 1. The zero-order chi connectivity index (χ0) is 17.9. The number of nitrogens with one attached hydrogen (secondary N) is 2. The number of halogens is 1. The number of anilines is 3. The molecule has 7 heteroatoms. The first-order valence-electron chi connectivity index (χ1n) is 7.81. The third kappa shape index (κ3) is 4.24. The molecule has 0 bridgehead atoms. The molecule has 1 amide bonds. The standard InChI is InChI=1S/C17H23FN4O2/c1-10(2)22(5)15-7-6-13(9-14(15)18)19-12(4)17(23)20-16-8-11(3)21-24-16/h6-10,12,19H,1-5H3,(H,20,23)/t12-/m0/s1. The fourth-order valence-electron chi connectivity index (χ4n) is 2.13. The Morgan fingerprint density at radius 2 is 2.00 bits per heavy atom. The number of aromatic nitrogens is 1. The summed E-state index contributed by atoms with van der Waals surface area (Å²) >= 11 is 0. The van der Waals surface area contributed by atoms with Gasteiger partial charge in [-0.1, -0.05) is 5.16 Å². The van der Waals surface area contributed by atoms with Crippen molar-refractivity contribution < 1.29 is 13.7 Å². The van der Waals surface area contributed by atoms with Crippen molar-refractivity contribution in [3.8, 4) is 0 Å². The topological polar surface area (TPSA) is 70.4 Å². The van der Waals surface area contributed by atoms with Gasteiger partial charge in [-0.25, -0.2) is 4.39 Å². The second-order valence-corrected chi connectivity index (χ2v) is 6.06. The second kappa shape index (κ2) is 7.33. The van der Waals surface area contributed by atoms with E-state index in [9.17, 15) is 9.18 Å². The van der Waals surface area contributed by atoms with Crippen molar-refractivity contribution >= 4 is 23.2 Å². The normalized spacial score (nSPS) is 12.1. The molecule has 24 heavy (non-hydrogen) atoms. The van der Waals surface area contributed by atoms with E-state index in [0.29, 0.717) is 17.1 Å². The maximum absolute atomic E-state index is 14.3. The molecular formula is C17H23FN4O2. The fourth-order valence-corrected chi connectivity index (χ4v) is 2.13. The Hall–Kier alpha value is -2.57. The van der Waals surface area contributed by atoms with Crippen molar-refractivity contribution in [3.63, 3.8) is 0 Å². The van der Waals surface area contributed by atoms with Crippen molar-refractivity contribution in [2.24, 2.45) is 0 Å². The van der Waals surface area contributed by atoms with Crippen molar-refractivity contribution in [2.75, 3.05) is 22.6 Å². The van der Waals surface area contributed by atoms with Crippen LogP contribution in [-0.2, 0) is 4.79 Å². The van der Waals surface area contributed by atoms with Gasteiger partial charge in [-0.3, -0.25) is 10.1 Å². The lowest BCUT2D eigenvalue weighted by Gasteiger charge is -2.24. The van der Waals surface area contributed by atoms with E-state index < -0.39 is 6.04 Å². The Balaban J connectivity index is 2.02. The Morgan fingerprint density at radius 3 is 2.54 bits per heavy atom. The molecule has 0 radical (unpaired) electrons. The second-order valence-electron chi connectivity index (χ2n) is 6.06. The zero-order valence-corrected chi connectivity index (χ0v) is 14.6. The average molecular weight is 334 g/mol. The number of aryl methyl sites for hydroxylation is 1. The summed E-state index contributed by atoms with van der Waals surface area (Å²) in [7, 11) is 1.84. The number of hydrogen-bond acceptors (Lipinski definition) is 5. The molecular weight excluding hydrogens is 311 g/mol. The van der Waals surface area contributed by atoms with E-state index >= 15 is 0 Å². The molecule has 130 valence electrons. The Labute approximate surface area is 141 Å². The van der Waals surface area contributed by atoms with E-state index in [-0.39, 0.29) is 23.7 Å². The SMILES string of the molecule is Cc1cc(NC(=O)[C@H](C)Nc2ccc(N(C)C(C)C)c(F)c2)on1. The lowest BCUT2D eigenvalue weighted by molar-refractivity contribution is -0.116. The van der Waals surface area contributed by atoms with Gasteiger partial charge < -0.3 is 14.7 Å². The number of hydrogen-bond donors (Lipinski definition) is 2. The summed E-state index contributed by atoms with van der Waals surface area (Å²) in [6.45, 7) is 7.43.